The monoisotopic (exact) mass is 293 g/mol. The highest BCUT2D eigenvalue weighted by Crippen LogP contribution is 2.29. The molecule has 0 radical (unpaired) electrons. The van der Waals surface area contributed by atoms with Crippen molar-refractivity contribution in [3.05, 3.63) is 96.1 Å². The van der Waals surface area contributed by atoms with Crippen LogP contribution >= 0.6 is 0 Å². The lowest BCUT2D eigenvalue weighted by atomic mass is 10.1. The molecule has 23 heavy (non-hydrogen) atoms. The summed E-state index contributed by atoms with van der Waals surface area (Å²) in [7, 11) is 0. The van der Waals surface area contributed by atoms with E-state index in [1.54, 1.807) is 0 Å². The third-order valence-electron chi connectivity index (χ3n) is 3.87. The number of rotatable bonds is 1. The molecule has 108 valence electrons. The number of para-hydroxylation sites is 1. The molecule has 4 aromatic rings. The first kappa shape index (κ1) is 13.4. The SMILES string of the molecule is C(#Cc1c(-c2ccccc2)[nH]c2ccccc12)c1ccccc1. The Morgan fingerprint density at radius 1 is 0.609 bits per heavy atom. The van der Waals surface area contributed by atoms with E-state index in [0.29, 0.717) is 0 Å². The minimum Gasteiger partial charge on any atom is -0.353 e. The zero-order valence-electron chi connectivity index (χ0n) is 12.6. The minimum atomic E-state index is 1.02. The molecule has 0 aliphatic heterocycles. The highest BCUT2D eigenvalue weighted by molar-refractivity contribution is 5.94. The number of H-pyrrole nitrogens is 1. The first-order chi connectivity index (χ1) is 11.4. The lowest BCUT2D eigenvalue weighted by Gasteiger charge is -1.99. The predicted molar refractivity (Wildman–Crippen MR) is 96.2 cm³/mol. The van der Waals surface area contributed by atoms with Gasteiger partial charge >= 0.3 is 0 Å². The van der Waals surface area contributed by atoms with Crippen LogP contribution in [0.15, 0.2) is 84.9 Å². The van der Waals surface area contributed by atoms with Crippen LogP contribution in [-0.2, 0) is 0 Å². The topological polar surface area (TPSA) is 15.8 Å². The van der Waals surface area contributed by atoms with Gasteiger partial charge < -0.3 is 4.98 Å². The summed E-state index contributed by atoms with van der Waals surface area (Å²) in [6, 6.07) is 28.8. The summed E-state index contributed by atoms with van der Waals surface area (Å²) in [4.78, 5) is 3.51. The number of aromatic amines is 1. The van der Waals surface area contributed by atoms with Gasteiger partial charge in [-0.2, -0.15) is 0 Å². The van der Waals surface area contributed by atoms with Crippen molar-refractivity contribution in [2.45, 2.75) is 0 Å². The molecule has 1 N–H and O–H groups in total. The second kappa shape index (κ2) is 5.87. The molecule has 1 heterocycles. The van der Waals surface area contributed by atoms with Gasteiger partial charge in [-0.25, -0.2) is 0 Å². The third kappa shape index (κ3) is 2.63. The second-order valence-corrected chi connectivity index (χ2v) is 5.40. The Labute approximate surface area is 135 Å². The first-order valence-electron chi connectivity index (χ1n) is 7.65. The van der Waals surface area contributed by atoms with Gasteiger partial charge in [0.2, 0.25) is 0 Å². The number of hydrogen-bond acceptors (Lipinski definition) is 0. The first-order valence-corrected chi connectivity index (χ1v) is 7.65. The van der Waals surface area contributed by atoms with Crippen LogP contribution in [0, 0.1) is 11.8 Å². The third-order valence-corrected chi connectivity index (χ3v) is 3.87. The maximum Gasteiger partial charge on any atom is 0.0624 e. The van der Waals surface area contributed by atoms with Crippen molar-refractivity contribution >= 4 is 10.9 Å². The molecule has 1 nitrogen and oxygen atoms in total. The van der Waals surface area contributed by atoms with E-state index in [0.717, 1.165) is 33.3 Å². The van der Waals surface area contributed by atoms with Gasteiger partial charge in [0.25, 0.3) is 0 Å². The molecule has 0 bridgehead atoms. The van der Waals surface area contributed by atoms with E-state index in [1.165, 1.54) is 0 Å². The molecule has 0 saturated carbocycles. The van der Waals surface area contributed by atoms with Crippen LogP contribution in [0.4, 0.5) is 0 Å². The number of nitrogens with one attached hydrogen (secondary N) is 1. The van der Waals surface area contributed by atoms with Gasteiger partial charge in [0.05, 0.1) is 11.3 Å². The van der Waals surface area contributed by atoms with Gasteiger partial charge in [-0.05, 0) is 23.8 Å². The number of benzene rings is 3. The normalized spacial score (nSPS) is 10.3. The van der Waals surface area contributed by atoms with Gasteiger partial charge in [0.1, 0.15) is 0 Å². The van der Waals surface area contributed by atoms with Crippen molar-refractivity contribution in [2.24, 2.45) is 0 Å². The summed E-state index contributed by atoms with van der Waals surface area (Å²) in [6.45, 7) is 0. The Morgan fingerprint density at radius 2 is 1.26 bits per heavy atom. The predicted octanol–water partition coefficient (Wildman–Crippen LogP) is 5.23. The van der Waals surface area contributed by atoms with Crippen LogP contribution < -0.4 is 0 Å². The van der Waals surface area contributed by atoms with E-state index in [2.05, 4.69) is 59.3 Å². The molecule has 0 saturated heterocycles. The molecule has 0 unspecified atom stereocenters. The zero-order valence-corrected chi connectivity index (χ0v) is 12.6. The smallest absolute Gasteiger partial charge is 0.0624 e. The summed E-state index contributed by atoms with van der Waals surface area (Å²) in [6.07, 6.45) is 0. The molecule has 4 rings (SSSR count). The highest BCUT2D eigenvalue weighted by atomic mass is 14.7. The second-order valence-electron chi connectivity index (χ2n) is 5.40. The molecule has 0 aliphatic carbocycles. The van der Waals surface area contributed by atoms with E-state index in [4.69, 9.17) is 0 Å². The van der Waals surface area contributed by atoms with Crippen LogP contribution in [0.25, 0.3) is 22.2 Å². The minimum absolute atomic E-state index is 1.02. The van der Waals surface area contributed by atoms with Crippen LogP contribution in [0.5, 0.6) is 0 Å². The number of aromatic nitrogens is 1. The fourth-order valence-electron chi connectivity index (χ4n) is 2.75. The molecule has 0 fully saturated rings. The van der Waals surface area contributed by atoms with Crippen LogP contribution in [0.3, 0.4) is 0 Å². The number of hydrogen-bond donors (Lipinski definition) is 1. The average molecular weight is 293 g/mol. The lowest BCUT2D eigenvalue weighted by Crippen LogP contribution is -1.81. The molecule has 1 heteroatoms. The Hall–Kier alpha value is -3.24. The molecule has 0 atom stereocenters. The van der Waals surface area contributed by atoms with Gasteiger partial charge in [0, 0.05) is 16.5 Å². The molecule has 0 aliphatic rings. The van der Waals surface area contributed by atoms with Crippen molar-refractivity contribution in [1.82, 2.24) is 4.98 Å². The lowest BCUT2D eigenvalue weighted by molar-refractivity contribution is 1.44. The maximum atomic E-state index is 3.51. The average Bonchev–Trinajstić information content (AvgIpc) is 3.00. The van der Waals surface area contributed by atoms with E-state index in [9.17, 15) is 0 Å². The van der Waals surface area contributed by atoms with E-state index in [1.807, 2.05) is 42.5 Å². The summed E-state index contributed by atoms with van der Waals surface area (Å²) in [5, 5.41) is 1.16. The Bertz CT molecular complexity index is 999. The van der Waals surface area contributed by atoms with E-state index >= 15 is 0 Å². The molecular weight excluding hydrogens is 278 g/mol. The maximum absolute atomic E-state index is 3.51. The van der Waals surface area contributed by atoms with Crippen molar-refractivity contribution in [1.29, 1.82) is 0 Å². The Kier molecular flexibility index (Phi) is 3.42. The van der Waals surface area contributed by atoms with Crippen molar-refractivity contribution in [3.8, 4) is 23.1 Å². The van der Waals surface area contributed by atoms with Crippen LogP contribution in [0.2, 0.25) is 0 Å². The van der Waals surface area contributed by atoms with Crippen LogP contribution in [-0.4, -0.2) is 4.98 Å². The fourth-order valence-corrected chi connectivity index (χ4v) is 2.75. The summed E-state index contributed by atoms with van der Waals surface area (Å²) in [5.74, 6) is 6.65. The van der Waals surface area contributed by atoms with Gasteiger partial charge in [0.15, 0.2) is 0 Å². The molecule has 1 aromatic heterocycles. The van der Waals surface area contributed by atoms with Gasteiger partial charge in [-0.15, -0.1) is 0 Å². The molecule has 3 aromatic carbocycles. The molecule has 0 amide bonds. The van der Waals surface area contributed by atoms with Crippen molar-refractivity contribution in [3.63, 3.8) is 0 Å². The fraction of sp³-hybridized carbons (Fsp3) is 0. The largest absolute Gasteiger partial charge is 0.353 e. The van der Waals surface area contributed by atoms with E-state index < -0.39 is 0 Å². The molecular formula is C22H15N. The zero-order chi connectivity index (χ0) is 15.5. The van der Waals surface area contributed by atoms with E-state index in [-0.39, 0.29) is 0 Å². The highest BCUT2D eigenvalue weighted by Gasteiger charge is 2.10. The van der Waals surface area contributed by atoms with Crippen molar-refractivity contribution in [2.75, 3.05) is 0 Å². The molecule has 0 spiro atoms. The van der Waals surface area contributed by atoms with Gasteiger partial charge in [-0.3, -0.25) is 0 Å². The summed E-state index contributed by atoms with van der Waals surface area (Å²) in [5.41, 5.74) is 5.42. The van der Waals surface area contributed by atoms with Gasteiger partial charge in [-0.1, -0.05) is 78.6 Å². The van der Waals surface area contributed by atoms with Crippen molar-refractivity contribution < 1.29 is 0 Å². The summed E-state index contributed by atoms with van der Waals surface area (Å²) < 4.78 is 0. The Morgan fingerprint density at radius 3 is 2.04 bits per heavy atom. The standard InChI is InChI=1S/C22H15N/c1-3-9-17(10-4-1)15-16-20-19-13-7-8-14-21(19)23-22(20)18-11-5-2-6-12-18/h1-14,23H. The van der Waals surface area contributed by atoms with Crippen LogP contribution in [0.1, 0.15) is 11.1 Å². The quantitative estimate of drug-likeness (QED) is 0.462. The summed E-state index contributed by atoms with van der Waals surface area (Å²) >= 11 is 0. The Balaban J connectivity index is 1.92. The number of fused-ring (bicyclic) bond motifs is 1.